The molecule has 74 valence electrons. The van der Waals surface area contributed by atoms with Crippen molar-refractivity contribution in [2.75, 3.05) is 0 Å². The van der Waals surface area contributed by atoms with E-state index in [1.807, 2.05) is 18.2 Å². The molecule has 3 heteroatoms. The van der Waals surface area contributed by atoms with Crippen molar-refractivity contribution in [3.63, 3.8) is 0 Å². The summed E-state index contributed by atoms with van der Waals surface area (Å²) in [4.78, 5) is 5.31. The lowest BCUT2D eigenvalue weighted by Crippen LogP contribution is -1.76. The van der Waals surface area contributed by atoms with E-state index in [1.54, 1.807) is 17.5 Å². The van der Waals surface area contributed by atoms with E-state index in [4.69, 9.17) is 5.11 Å². The van der Waals surface area contributed by atoms with Crippen LogP contribution < -0.4 is 0 Å². The number of aliphatic hydroxyl groups excluding tert-OH is 1. The van der Waals surface area contributed by atoms with Crippen molar-refractivity contribution in [1.82, 2.24) is 4.98 Å². The van der Waals surface area contributed by atoms with Gasteiger partial charge in [-0.25, -0.2) is 0 Å². The van der Waals surface area contributed by atoms with Gasteiger partial charge in [-0.3, -0.25) is 4.98 Å². The van der Waals surface area contributed by atoms with Crippen LogP contribution in [0.15, 0.2) is 36.5 Å². The van der Waals surface area contributed by atoms with Crippen LogP contribution in [0.25, 0.3) is 21.0 Å². The predicted molar refractivity (Wildman–Crippen MR) is 63.0 cm³/mol. The lowest BCUT2D eigenvalue weighted by molar-refractivity contribution is 0.285. The van der Waals surface area contributed by atoms with Crippen molar-refractivity contribution in [1.29, 1.82) is 0 Å². The summed E-state index contributed by atoms with van der Waals surface area (Å²) in [6.45, 7) is 0.112. The minimum Gasteiger partial charge on any atom is -0.391 e. The van der Waals surface area contributed by atoms with Gasteiger partial charge >= 0.3 is 0 Å². The van der Waals surface area contributed by atoms with Gasteiger partial charge in [-0.15, -0.1) is 11.3 Å². The molecule has 1 aromatic carbocycles. The Hall–Kier alpha value is -1.45. The SMILES string of the molecule is OCc1cc2c(ccc3ncccc32)s1. The molecule has 0 saturated carbocycles. The van der Waals surface area contributed by atoms with Crippen molar-refractivity contribution in [3.8, 4) is 0 Å². The first-order valence-corrected chi connectivity index (χ1v) is 5.57. The average Bonchev–Trinajstić information content (AvgIpc) is 2.72. The van der Waals surface area contributed by atoms with Crippen LogP contribution in [-0.4, -0.2) is 10.1 Å². The Bertz CT molecular complexity index is 630. The smallest absolute Gasteiger partial charge is 0.0774 e. The summed E-state index contributed by atoms with van der Waals surface area (Å²) in [6, 6.07) is 10.1. The molecule has 0 unspecified atom stereocenters. The number of hydrogen-bond donors (Lipinski definition) is 1. The van der Waals surface area contributed by atoms with Gasteiger partial charge in [0.2, 0.25) is 0 Å². The van der Waals surface area contributed by atoms with Crippen LogP contribution in [0.2, 0.25) is 0 Å². The van der Waals surface area contributed by atoms with E-state index in [9.17, 15) is 0 Å². The summed E-state index contributed by atoms with van der Waals surface area (Å²) < 4.78 is 1.21. The van der Waals surface area contributed by atoms with Gasteiger partial charge in [0.25, 0.3) is 0 Å². The minimum absolute atomic E-state index is 0.112. The molecule has 3 rings (SSSR count). The van der Waals surface area contributed by atoms with Crippen LogP contribution in [-0.2, 0) is 6.61 Å². The van der Waals surface area contributed by atoms with Gasteiger partial charge < -0.3 is 5.11 Å². The first-order chi connectivity index (χ1) is 7.38. The van der Waals surface area contributed by atoms with E-state index >= 15 is 0 Å². The largest absolute Gasteiger partial charge is 0.391 e. The van der Waals surface area contributed by atoms with Crippen molar-refractivity contribution in [3.05, 3.63) is 41.4 Å². The molecule has 3 aromatic rings. The second-order valence-electron chi connectivity index (χ2n) is 3.42. The fourth-order valence-electron chi connectivity index (χ4n) is 1.80. The van der Waals surface area contributed by atoms with E-state index in [-0.39, 0.29) is 6.61 Å². The van der Waals surface area contributed by atoms with Crippen molar-refractivity contribution < 1.29 is 5.11 Å². The van der Waals surface area contributed by atoms with Gasteiger partial charge in [0.05, 0.1) is 12.1 Å². The number of nitrogens with zero attached hydrogens (tertiary/aromatic N) is 1. The summed E-state index contributed by atoms with van der Waals surface area (Å²) in [5, 5.41) is 11.5. The number of fused-ring (bicyclic) bond motifs is 3. The maximum Gasteiger partial charge on any atom is 0.0774 e. The predicted octanol–water partition coefficient (Wildman–Crippen LogP) is 2.94. The van der Waals surface area contributed by atoms with Crippen LogP contribution in [0.1, 0.15) is 4.88 Å². The Morgan fingerprint density at radius 2 is 2.13 bits per heavy atom. The van der Waals surface area contributed by atoms with Crippen LogP contribution >= 0.6 is 11.3 Å². The molecule has 0 radical (unpaired) electrons. The number of pyridine rings is 1. The van der Waals surface area contributed by atoms with Gasteiger partial charge in [0.15, 0.2) is 0 Å². The maximum atomic E-state index is 9.11. The fourth-order valence-corrected chi connectivity index (χ4v) is 2.74. The van der Waals surface area contributed by atoms with Gasteiger partial charge in [-0.2, -0.15) is 0 Å². The summed E-state index contributed by atoms with van der Waals surface area (Å²) >= 11 is 1.63. The summed E-state index contributed by atoms with van der Waals surface area (Å²) in [5.74, 6) is 0. The zero-order valence-electron chi connectivity index (χ0n) is 7.97. The van der Waals surface area contributed by atoms with Crippen LogP contribution in [0.4, 0.5) is 0 Å². The zero-order valence-corrected chi connectivity index (χ0v) is 8.79. The van der Waals surface area contributed by atoms with E-state index < -0.39 is 0 Å². The Morgan fingerprint density at radius 1 is 1.20 bits per heavy atom. The molecule has 0 aliphatic carbocycles. The Morgan fingerprint density at radius 3 is 3.00 bits per heavy atom. The number of aliphatic hydroxyl groups is 1. The van der Waals surface area contributed by atoms with Crippen LogP contribution in [0.5, 0.6) is 0 Å². The van der Waals surface area contributed by atoms with E-state index in [2.05, 4.69) is 17.1 Å². The number of aromatic nitrogens is 1. The third kappa shape index (κ3) is 1.32. The third-order valence-corrected chi connectivity index (χ3v) is 3.57. The number of hydrogen-bond acceptors (Lipinski definition) is 3. The highest BCUT2D eigenvalue weighted by Crippen LogP contribution is 2.31. The summed E-state index contributed by atoms with van der Waals surface area (Å²) in [5.41, 5.74) is 1.01. The monoisotopic (exact) mass is 215 g/mol. The van der Waals surface area contributed by atoms with Crippen LogP contribution in [0.3, 0.4) is 0 Å². The molecular formula is C12H9NOS. The zero-order chi connectivity index (χ0) is 10.3. The molecule has 2 nitrogen and oxygen atoms in total. The highest BCUT2D eigenvalue weighted by atomic mass is 32.1. The normalized spacial score (nSPS) is 11.3. The molecule has 0 aliphatic rings. The molecule has 0 atom stereocenters. The Kier molecular flexibility index (Phi) is 1.94. The van der Waals surface area contributed by atoms with Crippen molar-refractivity contribution in [2.24, 2.45) is 0 Å². The van der Waals surface area contributed by atoms with E-state index in [0.717, 1.165) is 15.8 Å². The minimum atomic E-state index is 0.112. The molecular weight excluding hydrogens is 206 g/mol. The van der Waals surface area contributed by atoms with Gasteiger partial charge in [0, 0.05) is 26.5 Å². The van der Waals surface area contributed by atoms with Gasteiger partial charge in [-0.05, 0) is 24.3 Å². The molecule has 0 aliphatic heterocycles. The summed E-state index contributed by atoms with van der Waals surface area (Å²) in [6.07, 6.45) is 1.80. The summed E-state index contributed by atoms with van der Waals surface area (Å²) in [7, 11) is 0. The van der Waals surface area contributed by atoms with Crippen molar-refractivity contribution in [2.45, 2.75) is 6.61 Å². The number of benzene rings is 1. The van der Waals surface area contributed by atoms with Gasteiger partial charge in [0.1, 0.15) is 0 Å². The quantitative estimate of drug-likeness (QED) is 0.677. The molecule has 0 amide bonds. The van der Waals surface area contributed by atoms with E-state index in [1.165, 1.54) is 10.1 Å². The highest BCUT2D eigenvalue weighted by molar-refractivity contribution is 7.19. The molecule has 0 saturated heterocycles. The molecule has 2 heterocycles. The topological polar surface area (TPSA) is 33.1 Å². The number of rotatable bonds is 1. The third-order valence-electron chi connectivity index (χ3n) is 2.49. The maximum absolute atomic E-state index is 9.11. The lowest BCUT2D eigenvalue weighted by Gasteiger charge is -1.96. The molecule has 1 N–H and O–H groups in total. The second-order valence-corrected chi connectivity index (χ2v) is 4.59. The average molecular weight is 215 g/mol. The first-order valence-electron chi connectivity index (χ1n) is 4.75. The molecule has 2 aromatic heterocycles. The van der Waals surface area contributed by atoms with Crippen molar-refractivity contribution >= 4 is 32.3 Å². The molecule has 0 fully saturated rings. The Balaban J connectivity index is 2.47. The standard InChI is InChI=1S/C12H9NOS/c14-7-8-6-10-9-2-1-5-13-11(9)3-4-12(10)15-8/h1-6,14H,7H2. The molecule has 0 spiro atoms. The Labute approximate surface area is 90.8 Å². The first kappa shape index (κ1) is 8.83. The van der Waals surface area contributed by atoms with Gasteiger partial charge in [-0.1, -0.05) is 6.07 Å². The number of thiophene rings is 1. The second kappa shape index (κ2) is 3.29. The highest BCUT2D eigenvalue weighted by Gasteiger charge is 2.04. The van der Waals surface area contributed by atoms with Crippen LogP contribution in [0, 0.1) is 0 Å². The van der Waals surface area contributed by atoms with E-state index in [0.29, 0.717) is 0 Å². The molecule has 0 bridgehead atoms. The fraction of sp³-hybridized carbons (Fsp3) is 0.0833. The lowest BCUT2D eigenvalue weighted by atomic mass is 10.1. The molecule has 15 heavy (non-hydrogen) atoms.